The molecular weight excluding hydrogens is 240 g/mol. The highest BCUT2D eigenvalue weighted by Crippen LogP contribution is 2.30. The third kappa shape index (κ3) is 1.74. The minimum Gasteiger partial charge on any atom is -0.392 e. The van der Waals surface area contributed by atoms with Gasteiger partial charge in [0.1, 0.15) is 5.56 Å². The predicted octanol–water partition coefficient (Wildman–Crippen LogP) is 0.572. The number of amides is 2. The number of aliphatic hydroxyl groups is 1. The third-order valence-electron chi connectivity index (χ3n) is 2.62. The van der Waals surface area contributed by atoms with E-state index in [2.05, 4.69) is 0 Å². The number of β-amino-alcohol motifs (C(OH)–C–C–N with tert-alkyl or cyclic N) is 1. The molecule has 1 atom stereocenters. The van der Waals surface area contributed by atoms with Gasteiger partial charge in [-0.25, -0.2) is 0 Å². The van der Waals surface area contributed by atoms with Crippen molar-refractivity contribution in [2.45, 2.75) is 13.0 Å². The zero-order chi connectivity index (χ0) is 13.4. The average Bonchev–Trinajstić information content (AvgIpc) is 2.54. The van der Waals surface area contributed by atoms with Crippen molar-refractivity contribution in [3.8, 4) is 0 Å². The van der Waals surface area contributed by atoms with Crippen LogP contribution < -0.4 is 0 Å². The van der Waals surface area contributed by atoms with Gasteiger partial charge >= 0.3 is 0 Å². The number of imide groups is 1. The van der Waals surface area contributed by atoms with Crippen molar-refractivity contribution < 1.29 is 19.6 Å². The highest BCUT2D eigenvalue weighted by atomic mass is 16.6. The number of carbonyl (C=O) groups excluding carboxylic acids is 2. The van der Waals surface area contributed by atoms with E-state index >= 15 is 0 Å². The number of carbonyl (C=O) groups is 2. The van der Waals surface area contributed by atoms with Crippen molar-refractivity contribution in [1.82, 2.24) is 4.90 Å². The Kier molecular flexibility index (Phi) is 2.84. The van der Waals surface area contributed by atoms with Gasteiger partial charge in [-0.15, -0.1) is 0 Å². The molecule has 18 heavy (non-hydrogen) atoms. The second-order valence-corrected chi connectivity index (χ2v) is 4.03. The van der Waals surface area contributed by atoms with Gasteiger partial charge in [0.2, 0.25) is 0 Å². The van der Waals surface area contributed by atoms with Crippen LogP contribution >= 0.6 is 0 Å². The summed E-state index contributed by atoms with van der Waals surface area (Å²) in [5.74, 6) is -1.34. The number of nitrogens with zero attached hydrogens (tertiary/aromatic N) is 2. The third-order valence-corrected chi connectivity index (χ3v) is 2.62. The zero-order valence-corrected chi connectivity index (χ0v) is 9.49. The fourth-order valence-corrected chi connectivity index (χ4v) is 1.90. The van der Waals surface area contributed by atoms with Crippen molar-refractivity contribution >= 4 is 17.5 Å². The van der Waals surface area contributed by atoms with E-state index in [4.69, 9.17) is 0 Å². The SMILES string of the molecule is CC(O)CN1C(=O)c2cccc([N+](=O)[O-])c2C1=O. The molecule has 0 saturated carbocycles. The summed E-state index contributed by atoms with van der Waals surface area (Å²) in [7, 11) is 0. The van der Waals surface area contributed by atoms with E-state index in [1.54, 1.807) is 0 Å². The van der Waals surface area contributed by atoms with Gasteiger partial charge in [-0.05, 0) is 13.0 Å². The topological polar surface area (TPSA) is 101 Å². The van der Waals surface area contributed by atoms with Crippen LogP contribution in [0.4, 0.5) is 5.69 Å². The number of aliphatic hydroxyl groups excluding tert-OH is 1. The molecule has 1 N–H and O–H groups in total. The highest BCUT2D eigenvalue weighted by Gasteiger charge is 2.41. The van der Waals surface area contributed by atoms with E-state index < -0.39 is 22.8 Å². The number of hydrogen-bond donors (Lipinski definition) is 1. The van der Waals surface area contributed by atoms with Crippen molar-refractivity contribution in [2.75, 3.05) is 6.54 Å². The molecule has 2 amide bonds. The van der Waals surface area contributed by atoms with E-state index in [0.717, 1.165) is 4.90 Å². The summed E-state index contributed by atoms with van der Waals surface area (Å²) in [6, 6.07) is 3.90. The Labute approximate surface area is 102 Å². The monoisotopic (exact) mass is 250 g/mol. The molecule has 2 rings (SSSR count). The van der Waals surface area contributed by atoms with Gasteiger partial charge in [0.15, 0.2) is 0 Å². The predicted molar refractivity (Wildman–Crippen MR) is 60.1 cm³/mol. The molecule has 1 aliphatic heterocycles. The van der Waals surface area contributed by atoms with Crippen molar-refractivity contribution in [2.24, 2.45) is 0 Å². The molecule has 1 unspecified atom stereocenters. The standard InChI is InChI=1S/C11H10N2O5/c1-6(14)5-12-10(15)7-3-2-4-8(13(17)18)9(7)11(12)16/h2-4,6,14H,5H2,1H3. The Morgan fingerprint density at radius 3 is 2.61 bits per heavy atom. The van der Waals surface area contributed by atoms with Crippen molar-refractivity contribution in [3.05, 3.63) is 39.4 Å². The molecule has 7 heteroatoms. The van der Waals surface area contributed by atoms with Gasteiger partial charge < -0.3 is 5.11 Å². The lowest BCUT2D eigenvalue weighted by Crippen LogP contribution is -2.35. The second kappa shape index (κ2) is 4.19. The number of hydrogen-bond acceptors (Lipinski definition) is 5. The summed E-state index contributed by atoms with van der Waals surface area (Å²) in [5, 5.41) is 20.0. The second-order valence-electron chi connectivity index (χ2n) is 4.03. The summed E-state index contributed by atoms with van der Waals surface area (Å²) in [5.41, 5.74) is -0.582. The van der Waals surface area contributed by atoms with Crippen LogP contribution in [0.3, 0.4) is 0 Å². The quantitative estimate of drug-likeness (QED) is 0.480. The number of nitro groups is 1. The molecule has 0 spiro atoms. The Hall–Kier alpha value is -2.28. The lowest BCUT2D eigenvalue weighted by atomic mass is 10.1. The highest BCUT2D eigenvalue weighted by molar-refractivity contribution is 6.23. The molecular formula is C11H10N2O5. The number of fused-ring (bicyclic) bond motifs is 1. The van der Waals surface area contributed by atoms with E-state index in [1.807, 2.05) is 0 Å². The van der Waals surface area contributed by atoms with Crippen molar-refractivity contribution in [1.29, 1.82) is 0 Å². The molecule has 94 valence electrons. The summed E-state index contributed by atoms with van der Waals surface area (Å²) in [4.78, 5) is 34.8. The van der Waals surface area contributed by atoms with Crippen LogP contribution in [0.25, 0.3) is 0 Å². The van der Waals surface area contributed by atoms with Gasteiger partial charge in [0.05, 0.1) is 23.1 Å². The summed E-state index contributed by atoms with van der Waals surface area (Å²) >= 11 is 0. The van der Waals surface area contributed by atoms with Crippen LogP contribution in [0.5, 0.6) is 0 Å². The summed E-state index contributed by atoms with van der Waals surface area (Å²) in [6.07, 6.45) is -0.883. The van der Waals surface area contributed by atoms with Crippen LogP contribution in [-0.2, 0) is 0 Å². The molecule has 0 aliphatic carbocycles. The van der Waals surface area contributed by atoms with Gasteiger partial charge in [-0.3, -0.25) is 24.6 Å². The maximum absolute atomic E-state index is 12.0. The number of benzene rings is 1. The Balaban J connectivity index is 2.52. The van der Waals surface area contributed by atoms with Crippen LogP contribution in [0.15, 0.2) is 18.2 Å². The van der Waals surface area contributed by atoms with Crippen molar-refractivity contribution in [3.63, 3.8) is 0 Å². The summed E-state index contributed by atoms with van der Waals surface area (Å²) < 4.78 is 0. The van der Waals surface area contributed by atoms with E-state index in [9.17, 15) is 24.8 Å². The molecule has 0 saturated heterocycles. The molecule has 0 bridgehead atoms. The van der Waals surface area contributed by atoms with E-state index in [-0.39, 0.29) is 23.4 Å². The van der Waals surface area contributed by atoms with Crippen LogP contribution in [-0.4, -0.2) is 39.4 Å². The van der Waals surface area contributed by atoms with Crippen LogP contribution in [0.1, 0.15) is 27.6 Å². The smallest absolute Gasteiger partial charge is 0.282 e. The Bertz CT molecular complexity index is 552. The number of nitro benzene ring substituents is 1. The lowest BCUT2D eigenvalue weighted by molar-refractivity contribution is -0.385. The largest absolute Gasteiger partial charge is 0.392 e. The molecule has 7 nitrogen and oxygen atoms in total. The molecule has 0 radical (unpaired) electrons. The Morgan fingerprint density at radius 1 is 1.39 bits per heavy atom. The first-order valence-corrected chi connectivity index (χ1v) is 5.25. The normalized spacial score (nSPS) is 15.8. The van der Waals surface area contributed by atoms with Crippen LogP contribution in [0, 0.1) is 10.1 Å². The fourth-order valence-electron chi connectivity index (χ4n) is 1.90. The average molecular weight is 250 g/mol. The van der Waals surface area contributed by atoms with E-state index in [1.165, 1.54) is 25.1 Å². The van der Waals surface area contributed by atoms with Gasteiger partial charge in [0, 0.05) is 6.07 Å². The first-order chi connectivity index (χ1) is 8.43. The van der Waals surface area contributed by atoms with E-state index in [0.29, 0.717) is 0 Å². The number of rotatable bonds is 3. The first-order valence-electron chi connectivity index (χ1n) is 5.25. The molecule has 1 heterocycles. The van der Waals surface area contributed by atoms with Gasteiger partial charge in [-0.2, -0.15) is 0 Å². The maximum Gasteiger partial charge on any atom is 0.282 e. The molecule has 0 fully saturated rings. The summed E-state index contributed by atoms with van der Waals surface area (Å²) in [6.45, 7) is 1.25. The molecule has 1 aromatic rings. The van der Waals surface area contributed by atoms with Crippen LogP contribution in [0.2, 0.25) is 0 Å². The lowest BCUT2D eigenvalue weighted by Gasteiger charge is -2.14. The molecule has 1 aliphatic rings. The minimum absolute atomic E-state index is 0.00912. The first kappa shape index (κ1) is 12.2. The van der Waals surface area contributed by atoms with Gasteiger partial charge in [-0.1, -0.05) is 6.07 Å². The molecule has 1 aromatic carbocycles. The Morgan fingerprint density at radius 2 is 2.06 bits per heavy atom. The van der Waals surface area contributed by atoms with Gasteiger partial charge in [0.25, 0.3) is 17.5 Å². The zero-order valence-electron chi connectivity index (χ0n) is 9.49. The minimum atomic E-state index is -0.883. The maximum atomic E-state index is 12.0. The fraction of sp³-hybridized carbons (Fsp3) is 0.273. The molecule has 0 aromatic heterocycles.